The topological polar surface area (TPSA) is 44.8 Å². The van der Waals surface area contributed by atoms with E-state index in [9.17, 15) is 4.79 Å². The molecule has 0 saturated heterocycles. The molecular formula is C16H20O4. The van der Waals surface area contributed by atoms with Gasteiger partial charge in [0, 0.05) is 0 Å². The Morgan fingerprint density at radius 3 is 2.20 bits per heavy atom. The van der Waals surface area contributed by atoms with E-state index in [2.05, 4.69) is 4.74 Å². The van der Waals surface area contributed by atoms with Crippen molar-refractivity contribution in [3.8, 4) is 5.75 Å². The summed E-state index contributed by atoms with van der Waals surface area (Å²) >= 11 is 0. The number of hydrogen-bond acceptors (Lipinski definition) is 4. The highest BCUT2D eigenvalue weighted by atomic mass is 16.6. The Balaban J connectivity index is 3.01. The molecule has 0 bridgehead atoms. The highest BCUT2D eigenvalue weighted by molar-refractivity contribution is 5.87. The van der Waals surface area contributed by atoms with Crippen LogP contribution in [0.2, 0.25) is 0 Å². The molecule has 1 aromatic rings. The van der Waals surface area contributed by atoms with Gasteiger partial charge in [0.25, 0.3) is 0 Å². The van der Waals surface area contributed by atoms with Crippen molar-refractivity contribution in [2.45, 2.75) is 13.3 Å². The average Bonchev–Trinajstić information content (AvgIpc) is 2.51. The van der Waals surface area contributed by atoms with Gasteiger partial charge in [-0.25, -0.2) is 4.79 Å². The van der Waals surface area contributed by atoms with Gasteiger partial charge >= 0.3 is 5.97 Å². The Bertz CT molecular complexity index is 498. The molecule has 0 aliphatic carbocycles. The number of carbonyl (C=O) groups is 1. The van der Waals surface area contributed by atoms with Gasteiger partial charge in [-0.3, -0.25) is 0 Å². The molecule has 4 heteroatoms. The van der Waals surface area contributed by atoms with Crippen molar-refractivity contribution in [1.82, 2.24) is 0 Å². The molecule has 0 N–H and O–H groups in total. The molecule has 1 rings (SSSR count). The number of carbonyl (C=O) groups excluding carboxylic acids is 1. The SMILES string of the molecule is CCC(=C\c1ccc(OC)cc1)/C=C(/OC)C(=O)OC. The molecule has 0 atom stereocenters. The van der Waals surface area contributed by atoms with Gasteiger partial charge < -0.3 is 14.2 Å². The van der Waals surface area contributed by atoms with E-state index in [-0.39, 0.29) is 5.76 Å². The van der Waals surface area contributed by atoms with E-state index in [1.807, 2.05) is 37.3 Å². The Morgan fingerprint density at radius 1 is 1.10 bits per heavy atom. The number of ether oxygens (including phenoxy) is 3. The van der Waals surface area contributed by atoms with Gasteiger partial charge in [-0.2, -0.15) is 0 Å². The Morgan fingerprint density at radius 2 is 1.75 bits per heavy atom. The fourth-order valence-electron chi connectivity index (χ4n) is 1.63. The number of allylic oxidation sites excluding steroid dienone is 2. The average molecular weight is 276 g/mol. The number of esters is 1. The van der Waals surface area contributed by atoms with Crippen molar-refractivity contribution in [3.63, 3.8) is 0 Å². The summed E-state index contributed by atoms with van der Waals surface area (Å²) < 4.78 is 14.8. The minimum atomic E-state index is -0.485. The second kappa shape index (κ2) is 8.04. The van der Waals surface area contributed by atoms with Crippen molar-refractivity contribution in [3.05, 3.63) is 47.2 Å². The molecular weight excluding hydrogens is 256 g/mol. The van der Waals surface area contributed by atoms with Crippen LogP contribution in [0.1, 0.15) is 18.9 Å². The minimum absolute atomic E-state index is 0.189. The zero-order valence-corrected chi connectivity index (χ0v) is 12.3. The van der Waals surface area contributed by atoms with E-state index in [0.717, 1.165) is 23.3 Å². The zero-order valence-electron chi connectivity index (χ0n) is 12.3. The van der Waals surface area contributed by atoms with Gasteiger partial charge in [-0.15, -0.1) is 0 Å². The van der Waals surface area contributed by atoms with E-state index >= 15 is 0 Å². The second-order valence-corrected chi connectivity index (χ2v) is 4.05. The van der Waals surface area contributed by atoms with Crippen LogP contribution >= 0.6 is 0 Å². The van der Waals surface area contributed by atoms with E-state index in [1.165, 1.54) is 14.2 Å². The van der Waals surface area contributed by atoms with Crippen molar-refractivity contribution in [2.24, 2.45) is 0 Å². The lowest BCUT2D eigenvalue weighted by atomic mass is 10.1. The number of benzene rings is 1. The minimum Gasteiger partial charge on any atom is -0.497 e. The van der Waals surface area contributed by atoms with Crippen LogP contribution < -0.4 is 4.74 Å². The first-order chi connectivity index (χ1) is 9.64. The van der Waals surface area contributed by atoms with Crippen molar-refractivity contribution in [2.75, 3.05) is 21.3 Å². The van der Waals surface area contributed by atoms with E-state index in [4.69, 9.17) is 9.47 Å². The summed E-state index contributed by atoms with van der Waals surface area (Å²) in [5.74, 6) is 0.513. The molecule has 0 aliphatic heterocycles. The second-order valence-electron chi connectivity index (χ2n) is 4.05. The molecule has 0 amide bonds. The van der Waals surface area contributed by atoms with E-state index in [1.54, 1.807) is 13.2 Å². The third-order valence-corrected chi connectivity index (χ3v) is 2.80. The number of hydrogen-bond donors (Lipinski definition) is 0. The fraction of sp³-hybridized carbons (Fsp3) is 0.312. The first-order valence-corrected chi connectivity index (χ1v) is 6.33. The van der Waals surface area contributed by atoms with Crippen LogP contribution in [0.25, 0.3) is 6.08 Å². The predicted molar refractivity (Wildman–Crippen MR) is 78.4 cm³/mol. The van der Waals surface area contributed by atoms with Gasteiger partial charge in [0.05, 0.1) is 21.3 Å². The van der Waals surface area contributed by atoms with E-state index < -0.39 is 5.97 Å². The van der Waals surface area contributed by atoms with Crippen LogP contribution in [0.3, 0.4) is 0 Å². The van der Waals surface area contributed by atoms with Crippen LogP contribution in [0.5, 0.6) is 5.75 Å². The zero-order chi connectivity index (χ0) is 15.0. The molecule has 0 unspecified atom stereocenters. The Labute approximate surface area is 119 Å². The summed E-state index contributed by atoms with van der Waals surface area (Å²) in [5, 5.41) is 0. The van der Waals surface area contributed by atoms with Gasteiger partial charge in [-0.1, -0.05) is 25.1 Å². The first kappa shape index (κ1) is 15.8. The first-order valence-electron chi connectivity index (χ1n) is 6.33. The summed E-state index contributed by atoms with van der Waals surface area (Å²) in [7, 11) is 4.41. The van der Waals surface area contributed by atoms with Crippen molar-refractivity contribution < 1.29 is 19.0 Å². The molecule has 0 aromatic heterocycles. The summed E-state index contributed by atoms with van der Waals surface area (Å²) in [5.41, 5.74) is 2.00. The van der Waals surface area contributed by atoms with Crippen LogP contribution in [-0.4, -0.2) is 27.3 Å². The molecule has 0 fully saturated rings. The normalized spacial score (nSPS) is 12.0. The Hall–Kier alpha value is -2.23. The number of rotatable bonds is 6. The third kappa shape index (κ3) is 4.46. The van der Waals surface area contributed by atoms with Crippen molar-refractivity contribution in [1.29, 1.82) is 0 Å². The standard InChI is InChI=1S/C16H20O4/c1-5-12(11-15(19-3)16(17)20-4)10-13-6-8-14(18-2)9-7-13/h6-11H,5H2,1-4H3/b12-10+,15-11+. The van der Waals surface area contributed by atoms with Crippen LogP contribution in [0, 0.1) is 0 Å². The van der Waals surface area contributed by atoms with Gasteiger partial charge in [-0.05, 0) is 35.8 Å². The molecule has 20 heavy (non-hydrogen) atoms. The lowest BCUT2D eigenvalue weighted by molar-refractivity contribution is -0.139. The lowest BCUT2D eigenvalue weighted by Gasteiger charge is -2.05. The monoisotopic (exact) mass is 276 g/mol. The molecule has 0 radical (unpaired) electrons. The third-order valence-electron chi connectivity index (χ3n) is 2.80. The maximum absolute atomic E-state index is 11.5. The molecule has 108 valence electrons. The van der Waals surface area contributed by atoms with Crippen molar-refractivity contribution >= 4 is 12.0 Å². The summed E-state index contributed by atoms with van der Waals surface area (Å²) in [6.07, 6.45) is 4.45. The summed E-state index contributed by atoms with van der Waals surface area (Å²) in [4.78, 5) is 11.5. The highest BCUT2D eigenvalue weighted by Crippen LogP contribution is 2.17. The molecule has 4 nitrogen and oxygen atoms in total. The van der Waals surface area contributed by atoms with Gasteiger partial charge in [0.2, 0.25) is 5.76 Å². The summed E-state index contributed by atoms with van der Waals surface area (Å²) in [6.45, 7) is 2.01. The molecule has 0 saturated carbocycles. The quantitative estimate of drug-likeness (QED) is 0.346. The number of methoxy groups -OCH3 is 3. The maximum Gasteiger partial charge on any atom is 0.373 e. The lowest BCUT2D eigenvalue weighted by Crippen LogP contribution is -2.06. The fourth-order valence-corrected chi connectivity index (χ4v) is 1.63. The molecule has 1 aromatic carbocycles. The van der Waals surface area contributed by atoms with Gasteiger partial charge in [0.1, 0.15) is 5.75 Å². The largest absolute Gasteiger partial charge is 0.497 e. The maximum atomic E-state index is 11.5. The van der Waals surface area contributed by atoms with Crippen LogP contribution in [0.15, 0.2) is 41.7 Å². The smallest absolute Gasteiger partial charge is 0.373 e. The van der Waals surface area contributed by atoms with Gasteiger partial charge in [0.15, 0.2) is 0 Å². The van der Waals surface area contributed by atoms with Crippen LogP contribution in [-0.2, 0) is 14.3 Å². The predicted octanol–water partition coefficient (Wildman–Crippen LogP) is 3.19. The molecule has 0 spiro atoms. The summed E-state index contributed by atoms with van der Waals surface area (Å²) in [6, 6.07) is 7.68. The van der Waals surface area contributed by atoms with E-state index in [0.29, 0.717) is 0 Å². The van der Waals surface area contributed by atoms with Crippen LogP contribution in [0.4, 0.5) is 0 Å². The Kier molecular flexibility index (Phi) is 6.37. The highest BCUT2D eigenvalue weighted by Gasteiger charge is 2.09. The molecule has 0 heterocycles. The molecule has 0 aliphatic rings.